The van der Waals surface area contributed by atoms with Crippen LogP contribution < -0.4 is 11.1 Å². The molecule has 0 aliphatic heterocycles. The Kier molecular flexibility index (Phi) is 5.70. The topological polar surface area (TPSA) is 103 Å². The lowest BCUT2D eigenvalue weighted by Gasteiger charge is -2.16. The van der Waals surface area contributed by atoms with Crippen LogP contribution in [0.4, 0.5) is 14.5 Å². The molecule has 164 valence electrons. The van der Waals surface area contributed by atoms with Crippen LogP contribution in [0, 0.1) is 6.92 Å². The predicted molar refractivity (Wildman–Crippen MR) is 119 cm³/mol. The number of carbonyl (C=O) groups is 2. The Labute approximate surface area is 185 Å². The first-order chi connectivity index (χ1) is 15.3. The van der Waals surface area contributed by atoms with Gasteiger partial charge in [0.05, 0.1) is 5.69 Å². The zero-order chi connectivity index (χ0) is 23.0. The van der Waals surface area contributed by atoms with E-state index in [0.717, 1.165) is 17.0 Å². The number of aromatic nitrogens is 3. The smallest absolute Gasteiger partial charge is 0.280 e. The molecular formula is C22H19F2N5O2S. The highest BCUT2D eigenvalue weighted by Crippen LogP contribution is 2.42. The van der Waals surface area contributed by atoms with Crippen molar-refractivity contribution < 1.29 is 18.4 Å². The molecule has 0 aliphatic carbocycles. The van der Waals surface area contributed by atoms with E-state index in [1.54, 1.807) is 54.2 Å². The van der Waals surface area contributed by atoms with Gasteiger partial charge in [0.1, 0.15) is 21.4 Å². The van der Waals surface area contributed by atoms with Gasteiger partial charge < -0.3 is 11.1 Å². The Morgan fingerprint density at radius 3 is 2.50 bits per heavy atom. The van der Waals surface area contributed by atoms with Crippen LogP contribution in [0.5, 0.6) is 0 Å². The molecule has 0 bridgehead atoms. The van der Waals surface area contributed by atoms with Gasteiger partial charge in [-0.05, 0) is 37.1 Å². The molecular weight excluding hydrogens is 436 g/mol. The van der Waals surface area contributed by atoms with Crippen LogP contribution in [0.1, 0.15) is 40.5 Å². The molecule has 0 saturated carbocycles. The molecule has 7 nitrogen and oxygen atoms in total. The molecule has 1 unspecified atom stereocenters. The number of anilines is 1. The number of alkyl halides is 2. The Morgan fingerprint density at radius 2 is 1.91 bits per heavy atom. The molecule has 0 fully saturated rings. The molecule has 1 aromatic carbocycles. The minimum absolute atomic E-state index is 0.0360. The van der Waals surface area contributed by atoms with Gasteiger partial charge in [-0.2, -0.15) is 5.10 Å². The number of amides is 2. The van der Waals surface area contributed by atoms with Crippen LogP contribution >= 0.6 is 11.3 Å². The molecule has 32 heavy (non-hydrogen) atoms. The Hall–Kier alpha value is -3.66. The lowest BCUT2D eigenvalue weighted by atomic mass is 10.0. The van der Waals surface area contributed by atoms with Crippen molar-refractivity contribution >= 4 is 39.1 Å². The molecule has 0 saturated heterocycles. The number of pyridine rings is 1. The van der Waals surface area contributed by atoms with Crippen molar-refractivity contribution in [3.63, 3.8) is 0 Å². The fourth-order valence-corrected chi connectivity index (χ4v) is 4.51. The molecule has 4 rings (SSSR count). The van der Waals surface area contributed by atoms with E-state index in [9.17, 15) is 18.4 Å². The maximum absolute atomic E-state index is 13.5. The second kappa shape index (κ2) is 8.46. The summed E-state index contributed by atoms with van der Waals surface area (Å²) in [4.78, 5) is 29.5. The van der Waals surface area contributed by atoms with Crippen molar-refractivity contribution in [1.29, 1.82) is 0 Å². The Morgan fingerprint density at radius 1 is 1.19 bits per heavy atom. The first-order valence-electron chi connectivity index (χ1n) is 9.69. The van der Waals surface area contributed by atoms with Gasteiger partial charge >= 0.3 is 0 Å². The highest BCUT2D eigenvalue weighted by Gasteiger charge is 2.26. The number of hydrogen-bond donors (Lipinski definition) is 2. The van der Waals surface area contributed by atoms with Crippen LogP contribution in [0.3, 0.4) is 0 Å². The Bertz CT molecular complexity index is 1320. The molecule has 4 aromatic rings. The summed E-state index contributed by atoms with van der Waals surface area (Å²) < 4.78 is 28.6. The van der Waals surface area contributed by atoms with Crippen molar-refractivity contribution in [2.24, 2.45) is 5.73 Å². The second-order valence-corrected chi connectivity index (χ2v) is 8.19. The zero-order valence-corrected chi connectivity index (χ0v) is 18.0. The summed E-state index contributed by atoms with van der Waals surface area (Å²) in [5.41, 5.74) is 7.15. The molecule has 0 spiro atoms. The number of primary amides is 1. The van der Waals surface area contributed by atoms with Crippen molar-refractivity contribution in [2.75, 3.05) is 5.32 Å². The van der Waals surface area contributed by atoms with E-state index in [1.807, 2.05) is 6.92 Å². The highest BCUT2D eigenvalue weighted by atomic mass is 32.1. The van der Waals surface area contributed by atoms with Crippen molar-refractivity contribution in [3.8, 4) is 11.1 Å². The number of thiophene rings is 1. The number of nitrogens with one attached hydrogen (secondary N) is 1. The molecule has 0 aliphatic rings. The average molecular weight is 455 g/mol. The van der Waals surface area contributed by atoms with Gasteiger partial charge in [0.25, 0.3) is 12.3 Å². The highest BCUT2D eigenvalue weighted by molar-refractivity contribution is 7.21. The lowest BCUT2D eigenvalue weighted by molar-refractivity contribution is -0.119. The first kappa shape index (κ1) is 21.6. The molecule has 3 aromatic heterocycles. The summed E-state index contributed by atoms with van der Waals surface area (Å²) >= 11 is 0.871. The third-order valence-corrected chi connectivity index (χ3v) is 6.17. The maximum atomic E-state index is 13.5. The number of hydrogen-bond acceptors (Lipinski definition) is 5. The van der Waals surface area contributed by atoms with Gasteiger partial charge in [-0.3, -0.25) is 14.3 Å². The molecule has 2 amide bonds. The summed E-state index contributed by atoms with van der Waals surface area (Å²) in [6.07, 6.45) is -1.22. The van der Waals surface area contributed by atoms with Gasteiger partial charge in [-0.15, -0.1) is 11.3 Å². The molecule has 3 heterocycles. The fraction of sp³-hybridized carbons (Fsp3) is 0.182. The van der Waals surface area contributed by atoms with E-state index in [1.165, 1.54) is 6.07 Å². The number of nitrogens with two attached hydrogens (primary N) is 1. The minimum atomic E-state index is -2.80. The van der Waals surface area contributed by atoms with Gasteiger partial charge in [0, 0.05) is 17.3 Å². The molecule has 3 N–H and O–H groups in total. The molecule has 1 atom stereocenters. The largest absolute Gasteiger partial charge is 0.365 e. The number of carbonyl (C=O) groups excluding carboxylic acids is 2. The molecule has 0 radical (unpaired) electrons. The van der Waals surface area contributed by atoms with Crippen molar-refractivity contribution in [2.45, 2.75) is 26.3 Å². The SMILES string of the molecule is Cc1ccnn1C(C)C(=O)Nc1c(C(N)=O)sc2nc(C(F)F)cc(-c3ccccc3)c12. The van der Waals surface area contributed by atoms with Crippen molar-refractivity contribution in [3.05, 3.63) is 64.9 Å². The quantitative estimate of drug-likeness (QED) is 0.440. The second-order valence-electron chi connectivity index (χ2n) is 7.19. The van der Waals surface area contributed by atoms with Crippen molar-refractivity contribution in [1.82, 2.24) is 14.8 Å². The number of halogens is 2. The standard InChI is InChI=1S/C22H19F2N5O2S/c1-11-8-9-26-29(11)12(2)21(31)28-17-16-14(13-6-4-3-5-7-13)10-15(19(23)24)27-22(16)32-18(17)20(25)30/h3-10,12,19H,1-2H3,(H2,25,30)(H,28,31). The third kappa shape index (κ3) is 3.84. The van der Waals surface area contributed by atoms with E-state index < -0.39 is 30.0 Å². The number of rotatable bonds is 6. The third-order valence-electron chi connectivity index (χ3n) is 5.08. The van der Waals surface area contributed by atoms with E-state index in [-0.39, 0.29) is 15.4 Å². The summed E-state index contributed by atoms with van der Waals surface area (Å²) in [6.45, 7) is 3.48. The van der Waals surface area contributed by atoms with E-state index >= 15 is 0 Å². The van der Waals surface area contributed by atoms with Crippen LogP contribution in [-0.4, -0.2) is 26.6 Å². The van der Waals surface area contributed by atoms with Gasteiger partial charge in [0.2, 0.25) is 5.91 Å². The van der Waals surface area contributed by atoms with Crippen LogP contribution in [0.2, 0.25) is 0 Å². The van der Waals surface area contributed by atoms with Gasteiger partial charge in [-0.1, -0.05) is 30.3 Å². The Balaban J connectivity index is 1.91. The van der Waals surface area contributed by atoms with Crippen LogP contribution in [0.25, 0.3) is 21.3 Å². The fourth-order valence-electron chi connectivity index (χ4n) is 3.49. The molecule has 10 heteroatoms. The minimum Gasteiger partial charge on any atom is -0.365 e. The van der Waals surface area contributed by atoms with Crippen LogP contribution in [0.15, 0.2) is 48.7 Å². The summed E-state index contributed by atoms with van der Waals surface area (Å²) in [7, 11) is 0. The van der Waals surface area contributed by atoms with Crippen LogP contribution in [-0.2, 0) is 4.79 Å². The summed E-state index contributed by atoms with van der Waals surface area (Å²) in [5.74, 6) is -1.22. The zero-order valence-electron chi connectivity index (χ0n) is 17.2. The number of aryl methyl sites for hydroxylation is 1. The average Bonchev–Trinajstić information content (AvgIpc) is 3.36. The summed E-state index contributed by atoms with van der Waals surface area (Å²) in [5, 5.41) is 7.31. The van der Waals surface area contributed by atoms with E-state index in [4.69, 9.17) is 5.73 Å². The summed E-state index contributed by atoms with van der Waals surface area (Å²) in [6, 6.07) is 11.2. The van der Waals surface area contributed by atoms with E-state index in [2.05, 4.69) is 15.4 Å². The van der Waals surface area contributed by atoms with E-state index in [0.29, 0.717) is 16.5 Å². The predicted octanol–water partition coefficient (Wildman–Crippen LogP) is 4.70. The first-order valence-corrected chi connectivity index (χ1v) is 10.5. The lowest BCUT2D eigenvalue weighted by Crippen LogP contribution is -2.26. The van der Waals surface area contributed by atoms with Gasteiger partial charge in [0.15, 0.2) is 0 Å². The number of benzene rings is 1. The monoisotopic (exact) mass is 455 g/mol. The maximum Gasteiger partial charge on any atom is 0.280 e. The van der Waals surface area contributed by atoms with Gasteiger partial charge in [-0.25, -0.2) is 13.8 Å². The number of fused-ring (bicyclic) bond motifs is 1. The normalized spacial score (nSPS) is 12.3. The number of nitrogens with zero attached hydrogens (tertiary/aromatic N) is 3.